The highest BCUT2D eigenvalue weighted by Crippen LogP contribution is 2.21. The number of nitrogens with zero attached hydrogens (tertiary/aromatic N) is 1. The van der Waals surface area contributed by atoms with Crippen molar-refractivity contribution in [3.05, 3.63) is 58.0 Å². The molecule has 1 aromatic carbocycles. The summed E-state index contributed by atoms with van der Waals surface area (Å²) in [7, 11) is 0. The number of aromatic nitrogens is 1. The molecule has 23 heavy (non-hydrogen) atoms. The van der Waals surface area contributed by atoms with Crippen LogP contribution in [0.25, 0.3) is 0 Å². The number of anilines is 1. The van der Waals surface area contributed by atoms with Gasteiger partial charge in [0.1, 0.15) is 11.6 Å². The number of nitrogens with one attached hydrogen (secondary N) is 3. The molecular weight excluding hydrogens is 342 g/mol. The summed E-state index contributed by atoms with van der Waals surface area (Å²) in [4.78, 5) is 15.7. The van der Waals surface area contributed by atoms with E-state index in [4.69, 9.17) is 23.2 Å². The standard InChI is InChI=1S/C15H15Cl2FN4O/c16-11-7-13(17)14(21-9-11)19-4-5-20-15(23)22-8-10-2-1-3-12(18)6-10/h1-3,6-7,9H,4-5,8H2,(H,19,21)(H2,20,22,23). The zero-order valence-corrected chi connectivity index (χ0v) is 13.6. The van der Waals surface area contributed by atoms with E-state index in [1.165, 1.54) is 18.3 Å². The van der Waals surface area contributed by atoms with Crippen LogP contribution in [0.1, 0.15) is 5.56 Å². The molecule has 8 heteroatoms. The molecule has 0 saturated carbocycles. The summed E-state index contributed by atoms with van der Waals surface area (Å²) in [5.41, 5.74) is 0.690. The van der Waals surface area contributed by atoms with Crippen LogP contribution < -0.4 is 16.0 Å². The van der Waals surface area contributed by atoms with E-state index in [0.29, 0.717) is 34.5 Å². The molecule has 0 radical (unpaired) electrons. The number of halogens is 3. The topological polar surface area (TPSA) is 66.0 Å². The molecule has 0 unspecified atom stereocenters. The van der Waals surface area contributed by atoms with Gasteiger partial charge in [-0.25, -0.2) is 14.2 Å². The van der Waals surface area contributed by atoms with Crippen LogP contribution in [0.3, 0.4) is 0 Å². The maximum absolute atomic E-state index is 13.0. The first-order chi connectivity index (χ1) is 11.0. The normalized spacial score (nSPS) is 10.2. The highest BCUT2D eigenvalue weighted by molar-refractivity contribution is 6.35. The van der Waals surface area contributed by atoms with Crippen LogP contribution in [0.2, 0.25) is 10.0 Å². The number of rotatable bonds is 6. The van der Waals surface area contributed by atoms with Gasteiger partial charge >= 0.3 is 6.03 Å². The van der Waals surface area contributed by atoms with Crippen molar-refractivity contribution >= 4 is 35.1 Å². The minimum atomic E-state index is -0.341. The maximum Gasteiger partial charge on any atom is 0.315 e. The van der Waals surface area contributed by atoms with Gasteiger partial charge in [-0.2, -0.15) is 0 Å². The largest absolute Gasteiger partial charge is 0.367 e. The Bertz CT molecular complexity index is 684. The molecule has 1 aromatic heterocycles. The van der Waals surface area contributed by atoms with Crippen LogP contribution in [0.4, 0.5) is 15.0 Å². The van der Waals surface area contributed by atoms with Crippen molar-refractivity contribution in [2.75, 3.05) is 18.4 Å². The van der Waals surface area contributed by atoms with Gasteiger partial charge in [0.25, 0.3) is 0 Å². The number of hydrogen-bond acceptors (Lipinski definition) is 3. The van der Waals surface area contributed by atoms with Gasteiger partial charge in [0, 0.05) is 25.8 Å². The lowest BCUT2D eigenvalue weighted by atomic mass is 10.2. The van der Waals surface area contributed by atoms with Gasteiger partial charge in [-0.15, -0.1) is 0 Å². The molecule has 2 rings (SSSR count). The van der Waals surface area contributed by atoms with Crippen LogP contribution in [0.15, 0.2) is 36.5 Å². The average molecular weight is 357 g/mol. The molecule has 0 spiro atoms. The first-order valence-corrected chi connectivity index (χ1v) is 7.61. The van der Waals surface area contributed by atoms with Gasteiger partial charge < -0.3 is 16.0 Å². The molecule has 0 atom stereocenters. The van der Waals surface area contributed by atoms with Crippen molar-refractivity contribution in [2.45, 2.75) is 6.54 Å². The maximum atomic E-state index is 13.0. The van der Waals surface area contributed by atoms with E-state index in [1.54, 1.807) is 18.2 Å². The Morgan fingerprint density at radius 2 is 2.00 bits per heavy atom. The highest BCUT2D eigenvalue weighted by Gasteiger charge is 2.03. The van der Waals surface area contributed by atoms with E-state index in [-0.39, 0.29) is 18.4 Å². The molecule has 3 N–H and O–H groups in total. The lowest BCUT2D eigenvalue weighted by Gasteiger charge is -2.10. The van der Waals surface area contributed by atoms with Crippen molar-refractivity contribution in [3.8, 4) is 0 Å². The zero-order chi connectivity index (χ0) is 16.7. The minimum absolute atomic E-state index is 0.252. The number of carbonyl (C=O) groups excluding carboxylic acids is 1. The number of urea groups is 1. The Morgan fingerprint density at radius 3 is 2.74 bits per heavy atom. The third-order valence-electron chi connectivity index (χ3n) is 2.85. The Hall–Kier alpha value is -2.05. The lowest BCUT2D eigenvalue weighted by Crippen LogP contribution is -2.37. The van der Waals surface area contributed by atoms with Gasteiger partial charge in [-0.1, -0.05) is 35.3 Å². The molecule has 2 aromatic rings. The predicted octanol–water partition coefficient (Wildman–Crippen LogP) is 3.44. The summed E-state index contributed by atoms with van der Waals surface area (Å²) in [6.07, 6.45) is 1.48. The number of amides is 2. The third kappa shape index (κ3) is 5.92. The average Bonchev–Trinajstić information content (AvgIpc) is 2.51. The summed E-state index contributed by atoms with van der Waals surface area (Å²) in [6.45, 7) is 1.07. The van der Waals surface area contributed by atoms with Gasteiger partial charge in [-0.3, -0.25) is 0 Å². The van der Waals surface area contributed by atoms with Gasteiger partial charge in [0.15, 0.2) is 0 Å². The molecule has 122 valence electrons. The second-order valence-corrected chi connectivity index (χ2v) is 5.49. The van der Waals surface area contributed by atoms with Crippen LogP contribution in [0.5, 0.6) is 0 Å². The Balaban J connectivity index is 1.66. The van der Waals surface area contributed by atoms with Crippen molar-refractivity contribution in [1.82, 2.24) is 15.6 Å². The Labute approximate surface area is 143 Å². The molecule has 0 fully saturated rings. The quantitative estimate of drug-likeness (QED) is 0.694. The van der Waals surface area contributed by atoms with E-state index in [2.05, 4.69) is 20.9 Å². The lowest BCUT2D eigenvalue weighted by molar-refractivity contribution is 0.241. The fourth-order valence-electron chi connectivity index (χ4n) is 1.79. The first-order valence-electron chi connectivity index (χ1n) is 6.85. The molecular formula is C15H15Cl2FN4O. The second-order valence-electron chi connectivity index (χ2n) is 4.65. The molecule has 0 aliphatic carbocycles. The van der Waals surface area contributed by atoms with Crippen molar-refractivity contribution in [3.63, 3.8) is 0 Å². The van der Waals surface area contributed by atoms with Gasteiger partial charge in [0.05, 0.1) is 10.0 Å². The molecule has 0 saturated heterocycles. The Kier molecular flexibility index (Phi) is 6.43. The SMILES string of the molecule is O=C(NCCNc1ncc(Cl)cc1Cl)NCc1cccc(F)c1. The summed E-state index contributed by atoms with van der Waals surface area (Å²) in [5.74, 6) is 0.166. The van der Waals surface area contributed by atoms with Crippen LogP contribution in [-0.2, 0) is 6.54 Å². The number of carbonyl (C=O) groups is 1. The molecule has 5 nitrogen and oxygen atoms in total. The van der Waals surface area contributed by atoms with E-state index in [0.717, 1.165) is 0 Å². The van der Waals surface area contributed by atoms with E-state index in [1.807, 2.05) is 0 Å². The summed E-state index contributed by atoms with van der Waals surface area (Å²) in [5, 5.41) is 9.15. The van der Waals surface area contributed by atoms with Gasteiger partial charge in [-0.05, 0) is 23.8 Å². The summed E-state index contributed by atoms with van der Waals surface area (Å²) in [6, 6.07) is 7.29. The van der Waals surface area contributed by atoms with Gasteiger partial charge in [0.2, 0.25) is 0 Å². The van der Waals surface area contributed by atoms with E-state index in [9.17, 15) is 9.18 Å². The molecule has 1 heterocycles. The van der Waals surface area contributed by atoms with Crippen LogP contribution in [0, 0.1) is 5.82 Å². The predicted molar refractivity (Wildman–Crippen MR) is 89.4 cm³/mol. The fraction of sp³-hybridized carbons (Fsp3) is 0.200. The van der Waals surface area contributed by atoms with Crippen molar-refractivity contribution < 1.29 is 9.18 Å². The van der Waals surface area contributed by atoms with Crippen molar-refractivity contribution in [2.24, 2.45) is 0 Å². The van der Waals surface area contributed by atoms with Crippen molar-refractivity contribution in [1.29, 1.82) is 0 Å². The summed E-state index contributed by atoms with van der Waals surface area (Å²) >= 11 is 11.7. The third-order valence-corrected chi connectivity index (χ3v) is 3.35. The second kappa shape index (κ2) is 8.55. The van der Waals surface area contributed by atoms with E-state index >= 15 is 0 Å². The molecule has 0 aliphatic rings. The smallest absolute Gasteiger partial charge is 0.315 e. The monoisotopic (exact) mass is 356 g/mol. The highest BCUT2D eigenvalue weighted by atomic mass is 35.5. The minimum Gasteiger partial charge on any atom is -0.367 e. The zero-order valence-electron chi connectivity index (χ0n) is 12.1. The Morgan fingerprint density at radius 1 is 1.17 bits per heavy atom. The van der Waals surface area contributed by atoms with Crippen LogP contribution in [-0.4, -0.2) is 24.1 Å². The number of pyridine rings is 1. The number of hydrogen-bond donors (Lipinski definition) is 3. The molecule has 0 bridgehead atoms. The molecule has 0 aliphatic heterocycles. The first kappa shape index (κ1) is 17.3. The molecule has 2 amide bonds. The van der Waals surface area contributed by atoms with E-state index < -0.39 is 0 Å². The number of benzene rings is 1. The summed E-state index contributed by atoms with van der Waals surface area (Å²) < 4.78 is 13.0. The fourth-order valence-corrected chi connectivity index (χ4v) is 2.24. The van der Waals surface area contributed by atoms with Crippen LogP contribution >= 0.6 is 23.2 Å².